The Morgan fingerprint density at radius 2 is 1.77 bits per heavy atom. The van der Waals surface area contributed by atoms with Crippen molar-refractivity contribution in [3.8, 4) is 0 Å². The number of rotatable bonds is 3. The standard InChI is InChI=1S/C20H16ClFN4O3S2/c21-17-15-6-5-14(26(28)29)11-16(15)31-18(17)19(27)24-7-9-25(10-8-24)20(30)23-13-3-1-12(22)2-4-13/h1-6,11H,7-10H2,(H,23,30). The summed E-state index contributed by atoms with van der Waals surface area (Å²) < 4.78 is 13.6. The Morgan fingerprint density at radius 3 is 2.42 bits per heavy atom. The molecule has 2 heterocycles. The molecule has 1 aliphatic rings. The highest BCUT2D eigenvalue weighted by Gasteiger charge is 2.27. The molecule has 1 aromatic heterocycles. The van der Waals surface area contributed by atoms with E-state index in [0.717, 1.165) is 11.3 Å². The molecular weight excluding hydrogens is 463 g/mol. The molecule has 2 aromatic carbocycles. The number of fused-ring (bicyclic) bond motifs is 1. The lowest BCUT2D eigenvalue weighted by Gasteiger charge is -2.36. The van der Waals surface area contributed by atoms with Crippen molar-refractivity contribution in [3.05, 3.63) is 68.3 Å². The van der Waals surface area contributed by atoms with Crippen LogP contribution in [0.15, 0.2) is 42.5 Å². The summed E-state index contributed by atoms with van der Waals surface area (Å²) in [7, 11) is 0. The van der Waals surface area contributed by atoms with Crippen LogP contribution in [0.5, 0.6) is 0 Å². The van der Waals surface area contributed by atoms with Gasteiger partial charge in [0.15, 0.2) is 5.11 Å². The number of thiocarbonyl (C=S) groups is 1. The van der Waals surface area contributed by atoms with Crippen molar-refractivity contribution in [1.29, 1.82) is 0 Å². The van der Waals surface area contributed by atoms with Crippen LogP contribution in [0.3, 0.4) is 0 Å². The highest BCUT2D eigenvalue weighted by atomic mass is 35.5. The smallest absolute Gasteiger partial charge is 0.270 e. The summed E-state index contributed by atoms with van der Waals surface area (Å²) in [5, 5.41) is 15.5. The van der Waals surface area contributed by atoms with Crippen LogP contribution in [0.25, 0.3) is 10.1 Å². The number of anilines is 1. The van der Waals surface area contributed by atoms with E-state index < -0.39 is 4.92 Å². The predicted molar refractivity (Wildman–Crippen MR) is 124 cm³/mol. The fraction of sp³-hybridized carbons (Fsp3) is 0.200. The second-order valence-electron chi connectivity index (χ2n) is 6.90. The van der Waals surface area contributed by atoms with E-state index in [0.29, 0.717) is 57.0 Å². The quantitative estimate of drug-likeness (QED) is 0.332. The molecule has 3 aromatic rings. The number of amides is 1. The van der Waals surface area contributed by atoms with Crippen LogP contribution in [-0.2, 0) is 0 Å². The molecule has 0 unspecified atom stereocenters. The normalized spacial score (nSPS) is 14.0. The molecule has 0 aliphatic carbocycles. The first-order valence-electron chi connectivity index (χ1n) is 9.30. The number of carbonyl (C=O) groups is 1. The van der Waals surface area contributed by atoms with Crippen LogP contribution >= 0.6 is 35.2 Å². The fourth-order valence-corrected chi connectivity index (χ4v) is 5.11. The number of benzene rings is 2. The van der Waals surface area contributed by atoms with Crippen molar-refractivity contribution in [1.82, 2.24) is 9.80 Å². The van der Waals surface area contributed by atoms with Gasteiger partial charge >= 0.3 is 0 Å². The molecule has 31 heavy (non-hydrogen) atoms. The van der Waals surface area contributed by atoms with Gasteiger partial charge in [-0.3, -0.25) is 14.9 Å². The Bertz CT molecular complexity index is 1180. The highest BCUT2D eigenvalue weighted by molar-refractivity contribution is 7.80. The number of hydrogen-bond acceptors (Lipinski definition) is 5. The van der Waals surface area contributed by atoms with Crippen molar-refractivity contribution < 1.29 is 14.1 Å². The zero-order chi connectivity index (χ0) is 22.1. The van der Waals surface area contributed by atoms with E-state index >= 15 is 0 Å². The summed E-state index contributed by atoms with van der Waals surface area (Å²) in [4.78, 5) is 27.6. The lowest BCUT2D eigenvalue weighted by molar-refractivity contribution is -0.384. The SMILES string of the molecule is O=C(c1sc2cc([N+](=O)[O-])ccc2c1Cl)N1CCN(C(=S)Nc2ccc(F)cc2)CC1. The van der Waals surface area contributed by atoms with Gasteiger partial charge in [0.05, 0.1) is 9.95 Å². The van der Waals surface area contributed by atoms with Crippen LogP contribution in [0.1, 0.15) is 9.67 Å². The molecule has 0 atom stereocenters. The highest BCUT2D eigenvalue weighted by Crippen LogP contribution is 2.38. The number of nitrogens with zero attached hydrogens (tertiary/aromatic N) is 3. The molecule has 1 fully saturated rings. The summed E-state index contributed by atoms with van der Waals surface area (Å²) in [5.74, 6) is -0.524. The van der Waals surface area contributed by atoms with Gasteiger partial charge < -0.3 is 15.1 Å². The molecule has 7 nitrogen and oxygen atoms in total. The van der Waals surface area contributed by atoms with Gasteiger partial charge in [-0.2, -0.15) is 0 Å². The second-order valence-corrected chi connectivity index (χ2v) is 8.72. The number of thiophene rings is 1. The van der Waals surface area contributed by atoms with Crippen molar-refractivity contribution >= 4 is 67.6 Å². The third kappa shape index (κ3) is 4.46. The topological polar surface area (TPSA) is 78.7 Å². The average Bonchev–Trinajstić information content (AvgIpc) is 3.10. The van der Waals surface area contributed by atoms with Gasteiger partial charge in [-0.25, -0.2) is 4.39 Å². The molecule has 160 valence electrons. The predicted octanol–water partition coefficient (Wildman–Crippen LogP) is 4.76. The fourth-order valence-electron chi connectivity index (χ4n) is 3.30. The maximum absolute atomic E-state index is 13.0. The summed E-state index contributed by atoms with van der Waals surface area (Å²) in [6.45, 7) is 1.98. The van der Waals surface area contributed by atoms with Gasteiger partial charge in [-0.1, -0.05) is 11.6 Å². The third-order valence-electron chi connectivity index (χ3n) is 4.97. The zero-order valence-electron chi connectivity index (χ0n) is 16.0. The first kappa shape index (κ1) is 21.4. The Hall–Kier alpha value is -2.82. The van der Waals surface area contributed by atoms with E-state index in [2.05, 4.69) is 5.32 Å². The Morgan fingerprint density at radius 1 is 1.13 bits per heavy atom. The van der Waals surface area contributed by atoms with Gasteiger partial charge in [-0.05, 0) is 42.5 Å². The molecule has 1 N–H and O–H groups in total. The monoisotopic (exact) mass is 478 g/mol. The average molecular weight is 479 g/mol. The van der Waals surface area contributed by atoms with Crippen LogP contribution in [0.4, 0.5) is 15.8 Å². The Kier molecular flexibility index (Phi) is 6.03. The van der Waals surface area contributed by atoms with Gasteiger partial charge in [0, 0.05) is 54.1 Å². The molecular formula is C20H16ClFN4O3S2. The first-order chi connectivity index (χ1) is 14.8. The number of hydrogen-bond donors (Lipinski definition) is 1. The maximum Gasteiger partial charge on any atom is 0.270 e. The zero-order valence-corrected chi connectivity index (χ0v) is 18.4. The van der Waals surface area contributed by atoms with Gasteiger partial charge in [0.2, 0.25) is 0 Å². The molecule has 0 bridgehead atoms. The number of carbonyl (C=O) groups excluding carboxylic acids is 1. The number of nitrogens with one attached hydrogen (secondary N) is 1. The number of halogens is 2. The molecule has 0 radical (unpaired) electrons. The molecule has 0 spiro atoms. The Balaban J connectivity index is 1.42. The summed E-state index contributed by atoms with van der Waals surface area (Å²) in [5.41, 5.74) is 0.649. The molecule has 1 amide bonds. The Labute approximate surface area is 191 Å². The number of piperazine rings is 1. The molecule has 1 saturated heterocycles. The molecule has 11 heteroatoms. The van der Waals surface area contributed by atoms with Crippen molar-refractivity contribution in [2.45, 2.75) is 0 Å². The second kappa shape index (κ2) is 8.74. The minimum absolute atomic E-state index is 0.0415. The van der Waals surface area contributed by atoms with Crippen molar-refractivity contribution in [3.63, 3.8) is 0 Å². The number of non-ortho nitro benzene ring substituents is 1. The molecule has 0 saturated carbocycles. The minimum atomic E-state index is -0.476. The molecule has 1 aliphatic heterocycles. The van der Waals surface area contributed by atoms with Gasteiger partial charge in [0.25, 0.3) is 11.6 Å². The lowest BCUT2D eigenvalue weighted by atomic mass is 10.2. The van der Waals surface area contributed by atoms with Crippen LogP contribution < -0.4 is 5.32 Å². The summed E-state index contributed by atoms with van der Waals surface area (Å²) >= 11 is 13.0. The van der Waals surface area contributed by atoms with Gasteiger partial charge in [-0.15, -0.1) is 11.3 Å². The number of nitro groups is 1. The van der Waals surface area contributed by atoms with Crippen molar-refractivity contribution in [2.75, 3.05) is 31.5 Å². The number of nitro benzene ring substituents is 1. The van der Waals surface area contributed by atoms with Gasteiger partial charge in [0.1, 0.15) is 10.7 Å². The van der Waals surface area contributed by atoms with E-state index in [4.69, 9.17) is 23.8 Å². The summed E-state index contributed by atoms with van der Waals surface area (Å²) in [6.07, 6.45) is 0. The van der Waals surface area contributed by atoms with Crippen molar-refractivity contribution in [2.24, 2.45) is 0 Å². The third-order valence-corrected chi connectivity index (χ3v) is 6.97. The molecule has 4 rings (SSSR count). The first-order valence-corrected chi connectivity index (χ1v) is 10.9. The van der Waals surface area contributed by atoms with Crippen LogP contribution in [0, 0.1) is 15.9 Å². The summed E-state index contributed by atoms with van der Waals surface area (Å²) in [6, 6.07) is 10.3. The minimum Gasteiger partial charge on any atom is -0.345 e. The maximum atomic E-state index is 13.0. The van der Waals surface area contributed by atoms with E-state index in [1.807, 2.05) is 4.90 Å². The van der Waals surface area contributed by atoms with Crippen LogP contribution in [-0.4, -0.2) is 51.9 Å². The lowest BCUT2D eigenvalue weighted by Crippen LogP contribution is -2.51. The van der Waals surface area contributed by atoms with E-state index in [1.54, 1.807) is 23.1 Å². The largest absolute Gasteiger partial charge is 0.345 e. The van der Waals surface area contributed by atoms with E-state index in [1.165, 1.54) is 24.3 Å². The van der Waals surface area contributed by atoms with E-state index in [9.17, 15) is 19.3 Å². The van der Waals surface area contributed by atoms with E-state index in [-0.39, 0.29) is 17.4 Å². The van der Waals surface area contributed by atoms with Crippen LogP contribution in [0.2, 0.25) is 5.02 Å².